The maximum atomic E-state index is 12.6. The monoisotopic (exact) mass is 391 g/mol. The van der Waals surface area contributed by atoms with Gasteiger partial charge in [0.2, 0.25) is 0 Å². The Morgan fingerprint density at radius 3 is 2.83 bits per heavy atom. The fourth-order valence-corrected chi connectivity index (χ4v) is 3.27. The zero-order chi connectivity index (χ0) is 20.2. The number of benzene rings is 1. The summed E-state index contributed by atoms with van der Waals surface area (Å²) in [7, 11) is 0. The zero-order valence-corrected chi connectivity index (χ0v) is 15.9. The highest BCUT2D eigenvalue weighted by Gasteiger charge is 2.27. The SMILES string of the molecule is CCNC(=O)Nc1cc(-c2[nH]c3c(c2Nc2ccccc2)C(=O)COC3)ccn1. The summed E-state index contributed by atoms with van der Waals surface area (Å²) in [6.45, 7) is 2.74. The number of hydrogen-bond donors (Lipinski definition) is 4. The molecule has 8 heteroatoms. The Labute approximate surface area is 167 Å². The van der Waals surface area contributed by atoms with E-state index in [0.29, 0.717) is 30.2 Å². The number of carbonyl (C=O) groups excluding carboxylic acids is 2. The van der Waals surface area contributed by atoms with E-state index in [1.165, 1.54) is 0 Å². The Morgan fingerprint density at radius 1 is 1.21 bits per heavy atom. The van der Waals surface area contributed by atoms with Crippen LogP contribution >= 0.6 is 0 Å². The molecule has 1 aliphatic heterocycles. The number of pyridine rings is 1. The van der Waals surface area contributed by atoms with Crippen molar-refractivity contribution >= 4 is 29.0 Å². The molecule has 1 aliphatic rings. The summed E-state index contributed by atoms with van der Waals surface area (Å²) >= 11 is 0. The predicted molar refractivity (Wildman–Crippen MR) is 110 cm³/mol. The van der Waals surface area contributed by atoms with E-state index in [0.717, 1.165) is 22.6 Å². The molecule has 2 aromatic heterocycles. The van der Waals surface area contributed by atoms with Crippen molar-refractivity contribution in [1.82, 2.24) is 15.3 Å². The van der Waals surface area contributed by atoms with Crippen LogP contribution in [0.4, 0.5) is 22.0 Å². The van der Waals surface area contributed by atoms with Crippen LogP contribution in [0.25, 0.3) is 11.3 Å². The number of nitrogens with one attached hydrogen (secondary N) is 4. The summed E-state index contributed by atoms with van der Waals surface area (Å²) < 4.78 is 5.38. The Kier molecular flexibility index (Phi) is 5.26. The van der Waals surface area contributed by atoms with E-state index >= 15 is 0 Å². The third kappa shape index (κ3) is 3.97. The minimum atomic E-state index is -0.325. The second-order valence-electron chi connectivity index (χ2n) is 6.55. The second kappa shape index (κ2) is 8.15. The van der Waals surface area contributed by atoms with Gasteiger partial charge in [-0.25, -0.2) is 9.78 Å². The van der Waals surface area contributed by atoms with Crippen LogP contribution in [0.3, 0.4) is 0 Å². The first kappa shape index (κ1) is 18.7. The van der Waals surface area contributed by atoms with E-state index in [1.807, 2.05) is 43.3 Å². The summed E-state index contributed by atoms with van der Waals surface area (Å²) in [5, 5.41) is 8.74. The maximum Gasteiger partial charge on any atom is 0.320 e. The minimum Gasteiger partial charge on any atom is -0.367 e. The molecule has 4 rings (SSSR count). The molecule has 0 fully saturated rings. The Balaban J connectivity index is 1.75. The molecule has 29 heavy (non-hydrogen) atoms. The summed E-state index contributed by atoms with van der Waals surface area (Å²) in [6, 6.07) is 12.9. The molecule has 148 valence electrons. The van der Waals surface area contributed by atoms with Crippen LogP contribution in [-0.2, 0) is 11.3 Å². The smallest absolute Gasteiger partial charge is 0.320 e. The molecular formula is C21H21N5O3. The van der Waals surface area contributed by atoms with Crippen LogP contribution in [0.15, 0.2) is 48.7 Å². The van der Waals surface area contributed by atoms with Gasteiger partial charge in [0.1, 0.15) is 12.4 Å². The number of hydrogen-bond acceptors (Lipinski definition) is 5. The number of aromatic nitrogens is 2. The van der Waals surface area contributed by atoms with Crippen molar-refractivity contribution < 1.29 is 14.3 Å². The fourth-order valence-electron chi connectivity index (χ4n) is 3.27. The van der Waals surface area contributed by atoms with Gasteiger partial charge in [-0.1, -0.05) is 18.2 Å². The van der Waals surface area contributed by atoms with Gasteiger partial charge in [0.15, 0.2) is 5.78 Å². The topological polar surface area (TPSA) is 108 Å². The minimum absolute atomic E-state index is 0.0497. The number of Topliss-reactive ketones (excluding diaryl/α,β-unsaturated/α-hetero) is 1. The van der Waals surface area contributed by atoms with Gasteiger partial charge in [0.05, 0.1) is 29.2 Å². The third-order valence-electron chi connectivity index (χ3n) is 4.51. The Morgan fingerprint density at radius 2 is 2.03 bits per heavy atom. The molecule has 0 aliphatic carbocycles. The van der Waals surface area contributed by atoms with Crippen LogP contribution in [-0.4, -0.2) is 34.9 Å². The van der Waals surface area contributed by atoms with E-state index in [2.05, 4.69) is 25.9 Å². The molecule has 1 aromatic carbocycles. The number of H-pyrrole nitrogens is 1. The number of fused-ring (bicyclic) bond motifs is 1. The van der Waals surface area contributed by atoms with Crippen LogP contribution in [0.2, 0.25) is 0 Å². The van der Waals surface area contributed by atoms with Crippen molar-refractivity contribution in [1.29, 1.82) is 0 Å². The lowest BCUT2D eigenvalue weighted by molar-refractivity contribution is 0.0660. The van der Waals surface area contributed by atoms with Crippen molar-refractivity contribution in [2.24, 2.45) is 0 Å². The lowest BCUT2D eigenvalue weighted by Crippen LogP contribution is -2.28. The first-order valence-electron chi connectivity index (χ1n) is 9.35. The van der Waals surface area contributed by atoms with Gasteiger partial charge in [-0.05, 0) is 31.2 Å². The zero-order valence-electron chi connectivity index (χ0n) is 15.9. The van der Waals surface area contributed by atoms with Crippen molar-refractivity contribution in [3.8, 4) is 11.3 Å². The van der Waals surface area contributed by atoms with Gasteiger partial charge >= 0.3 is 6.03 Å². The molecule has 0 spiro atoms. The molecular weight excluding hydrogens is 370 g/mol. The largest absolute Gasteiger partial charge is 0.367 e. The number of rotatable bonds is 5. The number of ether oxygens (including phenoxy) is 1. The quantitative estimate of drug-likeness (QED) is 0.531. The number of urea groups is 1. The molecule has 3 aromatic rings. The van der Waals surface area contributed by atoms with E-state index in [4.69, 9.17) is 4.74 Å². The van der Waals surface area contributed by atoms with Crippen LogP contribution in [0.5, 0.6) is 0 Å². The number of nitrogens with zero attached hydrogens (tertiary/aromatic N) is 1. The fraction of sp³-hybridized carbons (Fsp3) is 0.190. The number of ketones is 1. The summed E-state index contributed by atoms with van der Waals surface area (Å²) in [5.74, 6) is 0.330. The number of anilines is 3. The molecule has 2 amide bonds. The highest BCUT2D eigenvalue weighted by atomic mass is 16.5. The lowest BCUT2D eigenvalue weighted by atomic mass is 10.0. The molecule has 0 bridgehead atoms. The molecule has 0 saturated carbocycles. The Bertz CT molecular complexity index is 1050. The molecule has 3 heterocycles. The Hall–Kier alpha value is -3.65. The van der Waals surface area contributed by atoms with Crippen LogP contribution < -0.4 is 16.0 Å². The van der Waals surface area contributed by atoms with E-state index in [-0.39, 0.29) is 18.4 Å². The van der Waals surface area contributed by atoms with Gasteiger partial charge in [0.25, 0.3) is 0 Å². The van der Waals surface area contributed by atoms with Crippen LogP contribution in [0.1, 0.15) is 23.0 Å². The first-order valence-corrected chi connectivity index (χ1v) is 9.35. The highest BCUT2D eigenvalue weighted by Crippen LogP contribution is 2.37. The highest BCUT2D eigenvalue weighted by molar-refractivity contribution is 6.08. The second-order valence-corrected chi connectivity index (χ2v) is 6.55. The number of para-hydroxylation sites is 1. The first-order chi connectivity index (χ1) is 14.2. The number of aromatic amines is 1. The molecule has 0 saturated heterocycles. The van der Waals surface area contributed by atoms with Gasteiger partial charge < -0.3 is 20.4 Å². The number of amides is 2. The molecule has 0 unspecified atom stereocenters. The average molecular weight is 391 g/mol. The summed E-state index contributed by atoms with van der Waals surface area (Å²) in [4.78, 5) is 31.9. The molecule has 4 N–H and O–H groups in total. The van der Waals surface area contributed by atoms with Crippen LogP contribution in [0, 0.1) is 0 Å². The summed E-state index contributed by atoms with van der Waals surface area (Å²) in [5.41, 5.74) is 4.40. The lowest BCUT2D eigenvalue weighted by Gasteiger charge is -2.14. The predicted octanol–water partition coefficient (Wildman–Crippen LogP) is 3.67. The van der Waals surface area contributed by atoms with Gasteiger partial charge in [-0.15, -0.1) is 0 Å². The van der Waals surface area contributed by atoms with Gasteiger partial charge in [-0.3, -0.25) is 10.1 Å². The normalized spacial score (nSPS) is 12.9. The standard InChI is InChI=1S/C21H21N5O3/c1-2-22-21(28)26-17-10-13(8-9-23-17)19-20(24-14-6-4-3-5-7-14)18-15(25-19)11-29-12-16(18)27/h3-10,24-25H,2,11-12H2,1H3,(H2,22,23,26,28). The number of carbonyl (C=O) groups is 2. The van der Waals surface area contributed by atoms with Gasteiger partial charge in [0, 0.05) is 24.0 Å². The van der Waals surface area contributed by atoms with Crippen molar-refractivity contribution in [2.45, 2.75) is 13.5 Å². The molecule has 8 nitrogen and oxygen atoms in total. The average Bonchev–Trinajstić information content (AvgIpc) is 3.09. The maximum absolute atomic E-state index is 12.6. The van der Waals surface area contributed by atoms with E-state index < -0.39 is 0 Å². The van der Waals surface area contributed by atoms with Crippen molar-refractivity contribution in [2.75, 3.05) is 23.8 Å². The van der Waals surface area contributed by atoms with E-state index in [1.54, 1.807) is 12.3 Å². The molecule has 0 radical (unpaired) electrons. The third-order valence-corrected chi connectivity index (χ3v) is 4.51. The van der Waals surface area contributed by atoms with Crippen molar-refractivity contribution in [3.05, 3.63) is 59.9 Å². The van der Waals surface area contributed by atoms with E-state index in [9.17, 15) is 9.59 Å². The summed E-state index contributed by atoms with van der Waals surface area (Å²) in [6.07, 6.45) is 1.61. The van der Waals surface area contributed by atoms with Crippen molar-refractivity contribution in [3.63, 3.8) is 0 Å². The molecule has 0 atom stereocenters. The van der Waals surface area contributed by atoms with Gasteiger partial charge in [-0.2, -0.15) is 0 Å².